The molecule has 1 aliphatic rings. The van der Waals surface area contributed by atoms with Crippen molar-refractivity contribution in [1.82, 2.24) is 25.2 Å². The molecule has 3 heterocycles. The molecule has 2 N–H and O–H groups in total. The Morgan fingerprint density at radius 1 is 1.35 bits per heavy atom. The summed E-state index contributed by atoms with van der Waals surface area (Å²) in [5.74, 6) is -0.0753. The number of carbonyl (C=O) groups is 2. The van der Waals surface area contributed by atoms with Gasteiger partial charge < -0.3 is 15.4 Å². The van der Waals surface area contributed by atoms with E-state index in [9.17, 15) is 22.8 Å². The monoisotopic (exact) mass is 453 g/mol. The maximum absolute atomic E-state index is 13.6. The molecule has 0 atom stereocenters. The lowest BCUT2D eigenvalue weighted by Crippen LogP contribution is -2.26. The highest BCUT2D eigenvalue weighted by Crippen LogP contribution is 2.39. The summed E-state index contributed by atoms with van der Waals surface area (Å²) >= 11 is 0.810. The van der Waals surface area contributed by atoms with Crippen molar-refractivity contribution >= 4 is 33.6 Å². The van der Waals surface area contributed by atoms with Gasteiger partial charge in [0, 0.05) is 25.2 Å². The lowest BCUT2D eigenvalue weighted by Gasteiger charge is -2.11. The summed E-state index contributed by atoms with van der Waals surface area (Å²) in [5, 5.41) is 6.40. The second-order valence-electron chi connectivity index (χ2n) is 7.10. The number of fused-ring (bicyclic) bond motifs is 1. The largest absolute Gasteiger partial charge is 0.443 e. The number of nitrogens with one attached hydrogen (secondary N) is 2. The van der Waals surface area contributed by atoms with Gasteiger partial charge in [0.25, 0.3) is 5.91 Å². The van der Waals surface area contributed by atoms with Gasteiger partial charge in [0.15, 0.2) is 0 Å². The summed E-state index contributed by atoms with van der Waals surface area (Å²) in [6, 6.07) is 0.904. The maximum atomic E-state index is 13.6. The van der Waals surface area contributed by atoms with Crippen molar-refractivity contribution < 1.29 is 27.5 Å². The summed E-state index contributed by atoms with van der Waals surface area (Å²) in [5.41, 5.74) is -0.529. The van der Waals surface area contributed by atoms with E-state index >= 15 is 0 Å². The summed E-state index contributed by atoms with van der Waals surface area (Å²) in [4.78, 5) is 32.1. The summed E-state index contributed by atoms with van der Waals surface area (Å²) in [6.45, 7) is 0.422. The third kappa shape index (κ3) is 4.63. The van der Waals surface area contributed by atoms with E-state index in [1.165, 1.54) is 29.5 Å². The van der Waals surface area contributed by atoms with Crippen LogP contribution in [0.15, 0.2) is 24.0 Å². The smallest absolute Gasteiger partial charge is 0.417 e. The van der Waals surface area contributed by atoms with Crippen molar-refractivity contribution in [3.63, 3.8) is 0 Å². The first-order valence-electron chi connectivity index (χ1n) is 9.41. The van der Waals surface area contributed by atoms with Crippen LogP contribution in [0.2, 0.25) is 0 Å². The zero-order valence-corrected chi connectivity index (χ0v) is 17.1. The minimum Gasteiger partial charge on any atom is -0.443 e. The predicted molar refractivity (Wildman–Crippen MR) is 106 cm³/mol. The van der Waals surface area contributed by atoms with E-state index in [1.807, 2.05) is 0 Å². The molecule has 1 fully saturated rings. The van der Waals surface area contributed by atoms with Crippen molar-refractivity contribution in [2.24, 2.45) is 5.92 Å². The van der Waals surface area contributed by atoms with Gasteiger partial charge in [0.05, 0.1) is 27.0 Å². The summed E-state index contributed by atoms with van der Waals surface area (Å²) < 4.78 is 47.2. The molecule has 2 amide bonds. The van der Waals surface area contributed by atoms with Crippen LogP contribution in [0, 0.1) is 5.92 Å². The molecule has 1 aliphatic carbocycles. The lowest BCUT2D eigenvalue weighted by atomic mass is 10.1. The van der Waals surface area contributed by atoms with Gasteiger partial charge in [-0.05, 0) is 24.8 Å². The van der Waals surface area contributed by atoms with E-state index in [0.717, 1.165) is 30.2 Å². The topological polar surface area (TPSA) is 98.1 Å². The molecule has 4 rings (SSSR count). The van der Waals surface area contributed by atoms with Gasteiger partial charge in [0.1, 0.15) is 18.8 Å². The molecule has 0 bridgehead atoms. The van der Waals surface area contributed by atoms with Gasteiger partial charge in [-0.3, -0.25) is 9.36 Å². The van der Waals surface area contributed by atoms with Crippen molar-refractivity contribution in [3.05, 3.63) is 40.8 Å². The summed E-state index contributed by atoms with van der Waals surface area (Å²) in [7, 11) is 1.39. The van der Waals surface area contributed by atoms with Gasteiger partial charge in [-0.2, -0.15) is 13.2 Å². The molecular formula is C19H18F3N5O3S. The van der Waals surface area contributed by atoms with Crippen LogP contribution in [0.4, 0.5) is 18.0 Å². The molecule has 31 heavy (non-hydrogen) atoms. The minimum absolute atomic E-state index is 0.0415. The molecule has 3 aromatic heterocycles. The Kier molecular flexibility index (Phi) is 5.56. The van der Waals surface area contributed by atoms with E-state index in [2.05, 4.69) is 20.6 Å². The number of carbonyl (C=O) groups excluding carboxylic acids is 2. The van der Waals surface area contributed by atoms with Gasteiger partial charge in [-0.15, -0.1) is 11.3 Å². The Morgan fingerprint density at radius 2 is 2.13 bits per heavy atom. The molecule has 0 radical (unpaired) electrons. The average Bonchev–Trinajstić information content (AvgIpc) is 3.27. The molecule has 0 spiro atoms. The standard InChI is InChI=1S/C19H18F3N5O3S/c1-23-17(28)12-8-31-16-13(19(20,21)22)4-14(26-15(12)16)27-6-11(25-9-27)7-30-18(29)24-5-10-2-3-10/h4,6,8-10H,2-3,5,7H2,1H3,(H,23,28)(H,24,29). The van der Waals surface area contributed by atoms with Crippen molar-refractivity contribution in [1.29, 1.82) is 0 Å². The lowest BCUT2D eigenvalue weighted by molar-refractivity contribution is -0.136. The molecule has 0 unspecified atom stereocenters. The Bertz CT molecular complexity index is 1140. The highest BCUT2D eigenvalue weighted by atomic mass is 32.1. The SMILES string of the molecule is CNC(=O)c1csc2c(C(F)(F)F)cc(-n3cnc(COC(=O)NCC4CC4)c3)nc12. The Labute approximate surface area is 178 Å². The number of alkyl halides is 3. The zero-order chi connectivity index (χ0) is 22.2. The molecule has 164 valence electrons. The third-order valence-electron chi connectivity index (χ3n) is 4.77. The Balaban J connectivity index is 1.60. The number of ether oxygens (including phenoxy) is 1. The van der Waals surface area contributed by atoms with Crippen LogP contribution in [0.5, 0.6) is 0 Å². The van der Waals surface area contributed by atoms with Gasteiger partial charge >= 0.3 is 12.3 Å². The highest BCUT2D eigenvalue weighted by molar-refractivity contribution is 7.17. The number of nitrogens with zero attached hydrogens (tertiary/aromatic N) is 3. The number of amides is 2. The van der Waals surface area contributed by atoms with Crippen LogP contribution in [0.3, 0.4) is 0 Å². The van der Waals surface area contributed by atoms with Crippen molar-refractivity contribution in [3.8, 4) is 5.82 Å². The molecule has 0 aliphatic heterocycles. The number of imidazole rings is 1. The van der Waals surface area contributed by atoms with Crippen LogP contribution in [-0.2, 0) is 17.5 Å². The van der Waals surface area contributed by atoms with E-state index in [4.69, 9.17) is 4.74 Å². The number of alkyl carbamates (subject to hydrolysis) is 1. The fourth-order valence-corrected chi connectivity index (χ4v) is 3.96. The van der Waals surface area contributed by atoms with E-state index in [0.29, 0.717) is 18.2 Å². The first-order valence-corrected chi connectivity index (χ1v) is 10.3. The van der Waals surface area contributed by atoms with Crippen LogP contribution in [-0.4, -0.2) is 40.1 Å². The van der Waals surface area contributed by atoms with Gasteiger partial charge in [-0.25, -0.2) is 14.8 Å². The molecule has 8 nitrogen and oxygen atoms in total. The number of hydrogen-bond donors (Lipinski definition) is 2. The van der Waals surface area contributed by atoms with Gasteiger partial charge in [0.2, 0.25) is 0 Å². The molecule has 0 aromatic carbocycles. The number of halogens is 3. The van der Waals surface area contributed by atoms with E-state index < -0.39 is 23.7 Å². The molecule has 0 saturated heterocycles. The van der Waals surface area contributed by atoms with Crippen LogP contribution < -0.4 is 10.6 Å². The molecule has 1 saturated carbocycles. The van der Waals surface area contributed by atoms with Crippen molar-refractivity contribution in [2.45, 2.75) is 25.6 Å². The van der Waals surface area contributed by atoms with Crippen LogP contribution in [0.25, 0.3) is 16.0 Å². The fraction of sp³-hybridized carbons (Fsp3) is 0.368. The number of rotatable bonds is 6. The Hall–Kier alpha value is -3.15. The normalized spacial score (nSPS) is 13.9. The zero-order valence-electron chi connectivity index (χ0n) is 16.3. The highest BCUT2D eigenvalue weighted by Gasteiger charge is 2.35. The number of aromatic nitrogens is 3. The predicted octanol–water partition coefficient (Wildman–Crippen LogP) is 3.50. The number of thiophene rings is 1. The molecule has 12 heteroatoms. The second kappa shape index (κ2) is 8.17. The first-order chi connectivity index (χ1) is 14.8. The van der Waals surface area contributed by atoms with Gasteiger partial charge in [-0.1, -0.05) is 0 Å². The third-order valence-corrected chi connectivity index (χ3v) is 5.77. The molecule has 3 aromatic rings. The van der Waals surface area contributed by atoms with E-state index in [1.54, 1.807) is 0 Å². The fourth-order valence-electron chi connectivity index (χ4n) is 2.94. The number of pyridine rings is 1. The van der Waals surface area contributed by atoms with Crippen molar-refractivity contribution in [2.75, 3.05) is 13.6 Å². The molecular weight excluding hydrogens is 435 g/mol. The van der Waals surface area contributed by atoms with Crippen LogP contribution in [0.1, 0.15) is 34.5 Å². The maximum Gasteiger partial charge on any atom is 0.417 e. The number of hydrogen-bond acceptors (Lipinski definition) is 6. The van der Waals surface area contributed by atoms with E-state index in [-0.39, 0.29) is 28.2 Å². The van der Waals surface area contributed by atoms with Crippen LogP contribution >= 0.6 is 11.3 Å². The average molecular weight is 453 g/mol. The minimum atomic E-state index is -4.63. The summed E-state index contributed by atoms with van der Waals surface area (Å²) in [6.07, 6.45) is -0.321. The second-order valence-corrected chi connectivity index (χ2v) is 7.98. The quantitative estimate of drug-likeness (QED) is 0.595. The Morgan fingerprint density at radius 3 is 2.81 bits per heavy atom. The first kappa shape index (κ1) is 21.1.